The zero-order valence-electron chi connectivity index (χ0n) is 12.2. The minimum atomic E-state index is -3.30. The van der Waals surface area contributed by atoms with E-state index in [1.165, 1.54) is 0 Å². The van der Waals surface area contributed by atoms with Crippen molar-refractivity contribution in [3.8, 4) is 0 Å². The lowest BCUT2D eigenvalue weighted by Gasteiger charge is -2.25. The van der Waals surface area contributed by atoms with Crippen LogP contribution in [0.25, 0.3) is 0 Å². The standard InChI is InChI=1S/C15H23NO3S/c1-10-4-6-13(7-5-10)15(16)12(3)20(17,18)14-8-9-19-11(14)2/h4-7,11-12,14-15H,8-9,16H2,1-3H3. The minimum Gasteiger partial charge on any atom is -0.377 e. The number of benzene rings is 1. The van der Waals surface area contributed by atoms with Crippen LogP contribution in [0.2, 0.25) is 0 Å². The fourth-order valence-electron chi connectivity index (χ4n) is 2.68. The quantitative estimate of drug-likeness (QED) is 0.922. The van der Waals surface area contributed by atoms with Crippen molar-refractivity contribution in [2.24, 2.45) is 5.73 Å². The first kappa shape index (κ1) is 15.5. The van der Waals surface area contributed by atoms with Gasteiger partial charge in [0.15, 0.2) is 9.84 Å². The van der Waals surface area contributed by atoms with E-state index < -0.39 is 26.4 Å². The van der Waals surface area contributed by atoms with Gasteiger partial charge in [0.25, 0.3) is 0 Å². The molecular formula is C15H23NO3S. The Bertz CT molecular complexity index is 553. The Balaban J connectivity index is 2.21. The largest absolute Gasteiger partial charge is 0.377 e. The molecule has 0 aliphatic carbocycles. The van der Waals surface area contributed by atoms with Crippen molar-refractivity contribution < 1.29 is 13.2 Å². The van der Waals surface area contributed by atoms with Gasteiger partial charge in [-0.15, -0.1) is 0 Å². The van der Waals surface area contributed by atoms with Crippen LogP contribution in [-0.4, -0.2) is 31.6 Å². The molecule has 1 heterocycles. The Morgan fingerprint density at radius 1 is 1.30 bits per heavy atom. The Kier molecular flexibility index (Phi) is 4.52. The first-order chi connectivity index (χ1) is 9.34. The maximum absolute atomic E-state index is 12.7. The molecule has 1 aromatic carbocycles. The summed E-state index contributed by atoms with van der Waals surface area (Å²) in [4.78, 5) is 0. The highest BCUT2D eigenvalue weighted by Gasteiger charge is 2.41. The van der Waals surface area contributed by atoms with Crippen LogP contribution in [0.5, 0.6) is 0 Å². The van der Waals surface area contributed by atoms with Crippen LogP contribution in [0, 0.1) is 6.92 Å². The summed E-state index contributed by atoms with van der Waals surface area (Å²) in [5.41, 5.74) is 8.16. The molecule has 0 amide bonds. The summed E-state index contributed by atoms with van der Waals surface area (Å²) in [5, 5.41) is -1.05. The lowest BCUT2D eigenvalue weighted by atomic mass is 10.0. The number of hydrogen-bond donors (Lipinski definition) is 1. The van der Waals surface area contributed by atoms with Gasteiger partial charge in [-0.05, 0) is 32.8 Å². The van der Waals surface area contributed by atoms with Crippen molar-refractivity contribution in [3.05, 3.63) is 35.4 Å². The molecule has 0 spiro atoms. The highest BCUT2D eigenvalue weighted by atomic mass is 32.2. The molecule has 1 saturated heterocycles. The van der Waals surface area contributed by atoms with Gasteiger partial charge in [-0.3, -0.25) is 0 Å². The number of aryl methyl sites for hydroxylation is 1. The van der Waals surface area contributed by atoms with Crippen molar-refractivity contribution in [2.75, 3.05) is 6.61 Å². The summed E-state index contributed by atoms with van der Waals surface area (Å²) < 4.78 is 30.7. The molecule has 5 heteroatoms. The van der Waals surface area contributed by atoms with Gasteiger partial charge in [-0.25, -0.2) is 8.42 Å². The molecule has 2 rings (SSSR count). The van der Waals surface area contributed by atoms with Gasteiger partial charge in [-0.2, -0.15) is 0 Å². The van der Waals surface area contributed by atoms with Crippen molar-refractivity contribution >= 4 is 9.84 Å². The third-order valence-corrected chi connectivity index (χ3v) is 7.01. The Morgan fingerprint density at radius 2 is 1.90 bits per heavy atom. The van der Waals surface area contributed by atoms with Crippen LogP contribution in [0.3, 0.4) is 0 Å². The van der Waals surface area contributed by atoms with E-state index in [2.05, 4.69) is 0 Å². The van der Waals surface area contributed by atoms with Gasteiger partial charge in [0.1, 0.15) is 0 Å². The predicted octanol–water partition coefficient (Wildman–Crippen LogP) is 1.98. The first-order valence-electron chi connectivity index (χ1n) is 7.00. The van der Waals surface area contributed by atoms with Gasteiger partial charge < -0.3 is 10.5 Å². The third-order valence-electron chi connectivity index (χ3n) is 4.21. The molecule has 0 saturated carbocycles. The normalized spacial score (nSPS) is 26.4. The molecule has 20 heavy (non-hydrogen) atoms. The number of rotatable bonds is 4. The fraction of sp³-hybridized carbons (Fsp3) is 0.600. The zero-order chi connectivity index (χ0) is 14.9. The average molecular weight is 297 g/mol. The maximum Gasteiger partial charge on any atom is 0.160 e. The molecule has 112 valence electrons. The smallest absolute Gasteiger partial charge is 0.160 e. The number of ether oxygens (including phenoxy) is 1. The second-order valence-electron chi connectivity index (χ2n) is 5.63. The van der Waals surface area contributed by atoms with Crippen molar-refractivity contribution in [1.82, 2.24) is 0 Å². The fourth-order valence-corrected chi connectivity index (χ4v) is 4.84. The van der Waals surface area contributed by atoms with E-state index in [0.29, 0.717) is 13.0 Å². The predicted molar refractivity (Wildman–Crippen MR) is 80.3 cm³/mol. The minimum absolute atomic E-state index is 0.243. The first-order valence-corrected chi connectivity index (χ1v) is 8.61. The van der Waals surface area contributed by atoms with Crippen LogP contribution in [0.1, 0.15) is 37.4 Å². The van der Waals surface area contributed by atoms with Gasteiger partial charge in [0.2, 0.25) is 0 Å². The van der Waals surface area contributed by atoms with Crippen LogP contribution >= 0.6 is 0 Å². The SMILES string of the molecule is Cc1ccc(C(N)C(C)S(=O)(=O)C2CCOC2C)cc1. The van der Waals surface area contributed by atoms with Crippen LogP contribution in [0.15, 0.2) is 24.3 Å². The van der Waals surface area contributed by atoms with E-state index in [0.717, 1.165) is 11.1 Å². The lowest BCUT2D eigenvalue weighted by molar-refractivity contribution is 0.126. The van der Waals surface area contributed by atoms with E-state index >= 15 is 0 Å². The summed E-state index contributed by atoms with van der Waals surface area (Å²) in [5.74, 6) is 0. The van der Waals surface area contributed by atoms with Crippen molar-refractivity contribution in [1.29, 1.82) is 0 Å². The monoisotopic (exact) mass is 297 g/mol. The molecule has 1 aromatic rings. The maximum atomic E-state index is 12.7. The Labute approximate surface area is 121 Å². The second kappa shape index (κ2) is 5.84. The van der Waals surface area contributed by atoms with Gasteiger partial charge in [0, 0.05) is 12.6 Å². The third kappa shape index (κ3) is 2.90. The summed E-state index contributed by atoms with van der Waals surface area (Å²) in [7, 11) is -3.30. The van der Waals surface area contributed by atoms with E-state index in [1.54, 1.807) is 6.92 Å². The molecule has 4 unspecified atom stereocenters. The molecule has 4 atom stereocenters. The van der Waals surface area contributed by atoms with E-state index in [1.807, 2.05) is 38.1 Å². The highest BCUT2D eigenvalue weighted by Crippen LogP contribution is 2.29. The van der Waals surface area contributed by atoms with E-state index in [-0.39, 0.29) is 6.10 Å². The molecule has 0 bridgehead atoms. The molecular weight excluding hydrogens is 274 g/mol. The molecule has 4 nitrogen and oxygen atoms in total. The van der Waals surface area contributed by atoms with Gasteiger partial charge in [0.05, 0.1) is 16.6 Å². The van der Waals surface area contributed by atoms with Crippen LogP contribution < -0.4 is 5.73 Å². The van der Waals surface area contributed by atoms with Crippen molar-refractivity contribution in [3.63, 3.8) is 0 Å². The van der Waals surface area contributed by atoms with E-state index in [9.17, 15) is 8.42 Å². The summed E-state index contributed by atoms with van der Waals surface area (Å²) in [6.07, 6.45) is 0.321. The summed E-state index contributed by atoms with van der Waals surface area (Å²) >= 11 is 0. The summed E-state index contributed by atoms with van der Waals surface area (Å²) in [6, 6.07) is 7.21. The van der Waals surface area contributed by atoms with Gasteiger partial charge in [-0.1, -0.05) is 29.8 Å². The second-order valence-corrected chi connectivity index (χ2v) is 8.16. The van der Waals surface area contributed by atoms with Crippen LogP contribution in [0.4, 0.5) is 0 Å². The summed E-state index contributed by atoms with van der Waals surface area (Å²) in [6.45, 7) is 6.02. The molecule has 0 radical (unpaired) electrons. The van der Waals surface area contributed by atoms with Crippen molar-refractivity contribution in [2.45, 2.75) is 49.8 Å². The number of nitrogens with two attached hydrogens (primary N) is 1. The van der Waals surface area contributed by atoms with E-state index in [4.69, 9.17) is 10.5 Å². The molecule has 0 aromatic heterocycles. The highest BCUT2D eigenvalue weighted by molar-refractivity contribution is 7.92. The number of hydrogen-bond acceptors (Lipinski definition) is 4. The lowest BCUT2D eigenvalue weighted by Crippen LogP contribution is -2.40. The van der Waals surface area contributed by atoms with Gasteiger partial charge >= 0.3 is 0 Å². The topological polar surface area (TPSA) is 69.4 Å². The zero-order valence-corrected chi connectivity index (χ0v) is 13.1. The molecule has 2 N–H and O–H groups in total. The Morgan fingerprint density at radius 3 is 2.40 bits per heavy atom. The van der Waals surface area contributed by atoms with Crippen LogP contribution in [-0.2, 0) is 14.6 Å². The molecule has 1 aliphatic heterocycles. The molecule has 1 aliphatic rings. The average Bonchev–Trinajstić information content (AvgIpc) is 2.85. The number of sulfone groups is 1. The Hall–Kier alpha value is -0.910. The molecule has 1 fully saturated rings.